The van der Waals surface area contributed by atoms with Crippen LogP contribution in [-0.4, -0.2) is 68.5 Å². The summed E-state index contributed by atoms with van der Waals surface area (Å²) in [5.41, 5.74) is 9.12. The lowest BCUT2D eigenvalue weighted by Crippen LogP contribution is -2.55. The summed E-state index contributed by atoms with van der Waals surface area (Å²) in [6.07, 6.45) is 6.19. The Balaban J connectivity index is 1.43. The number of nitrogens with two attached hydrogens (primary N) is 1. The molecule has 3 aromatic heterocycles. The number of hydrogen-bond acceptors (Lipinski definition) is 8. The van der Waals surface area contributed by atoms with Crippen molar-refractivity contribution in [3.63, 3.8) is 0 Å². The molecular formula is C29H33F2N7O3. The highest BCUT2D eigenvalue weighted by Gasteiger charge is 2.39. The van der Waals surface area contributed by atoms with E-state index in [9.17, 15) is 13.6 Å². The number of aromatic nitrogens is 4. The maximum Gasteiger partial charge on any atom is 0.409 e. The van der Waals surface area contributed by atoms with Crippen LogP contribution in [0.1, 0.15) is 36.8 Å². The molecule has 12 heteroatoms. The van der Waals surface area contributed by atoms with Gasteiger partial charge < -0.3 is 25.8 Å². The van der Waals surface area contributed by atoms with Gasteiger partial charge in [-0.1, -0.05) is 6.92 Å². The van der Waals surface area contributed by atoms with Crippen LogP contribution in [0.15, 0.2) is 48.9 Å². The molecule has 1 fully saturated rings. The van der Waals surface area contributed by atoms with Crippen molar-refractivity contribution in [2.24, 2.45) is 11.7 Å². The molecule has 0 bridgehead atoms. The van der Waals surface area contributed by atoms with Crippen molar-refractivity contribution in [1.82, 2.24) is 24.5 Å². The average molecular weight is 566 g/mol. The maximum absolute atomic E-state index is 14.9. The summed E-state index contributed by atoms with van der Waals surface area (Å²) in [5, 5.41) is 16.9. The number of aliphatic hydroxyl groups is 1. The first-order valence-corrected chi connectivity index (χ1v) is 13.4. The number of hydrogen-bond donors (Lipinski definition) is 3. The van der Waals surface area contributed by atoms with Gasteiger partial charge >= 0.3 is 6.09 Å². The zero-order valence-corrected chi connectivity index (χ0v) is 23.1. The molecule has 1 saturated carbocycles. The summed E-state index contributed by atoms with van der Waals surface area (Å²) in [6, 6.07) is 7.15. The molecule has 4 N–H and O–H groups in total. The lowest BCUT2D eigenvalue weighted by molar-refractivity contribution is 0.0778. The maximum atomic E-state index is 14.9. The number of nitrogens with zero attached hydrogens (tertiary/aromatic N) is 5. The van der Waals surface area contributed by atoms with Gasteiger partial charge in [-0.25, -0.2) is 18.6 Å². The van der Waals surface area contributed by atoms with E-state index in [0.717, 1.165) is 12.0 Å². The molecule has 5 rings (SSSR count). The number of benzene rings is 1. The number of halogens is 2. The Hall–Kier alpha value is -4.16. The van der Waals surface area contributed by atoms with Gasteiger partial charge in [-0.05, 0) is 72.6 Å². The number of carbonyl (C=O) groups is 1. The number of aliphatic hydroxyl groups excluding tert-OH is 1. The number of fused-ring (bicyclic) bond motifs is 1. The molecule has 0 aliphatic heterocycles. The molecule has 1 aliphatic carbocycles. The van der Waals surface area contributed by atoms with Crippen LogP contribution in [0.3, 0.4) is 0 Å². The Labute approximate surface area is 236 Å². The number of pyridine rings is 1. The van der Waals surface area contributed by atoms with Crippen LogP contribution >= 0.6 is 0 Å². The quantitative estimate of drug-likeness (QED) is 0.303. The minimum Gasteiger partial charge on any atom is -0.453 e. The Morgan fingerprint density at radius 1 is 1.22 bits per heavy atom. The van der Waals surface area contributed by atoms with Crippen molar-refractivity contribution >= 4 is 23.2 Å². The monoisotopic (exact) mass is 565 g/mol. The van der Waals surface area contributed by atoms with Gasteiger partial charge in [0.25, 0.3) is 0 Å². The summed E-state index contributed by atoms with van der Waals surface area (Å²) >= 11 is 0. The van der Waals surface area contributed by atoms with E-state index in [-0.39, 0.29) is 48.2 Å². The summed E-state index contributed by atoms with van der Waals surface area (Å²) in [7, 11) is 3.06. The van der Waals surface area contributed by atoms with Crippen molar-refractivity contribution in [1.29, 1.82) is 0 Å². The van der Waals surface area contributed by atoms with E-state index in [1.54, 1.807) is 36.6 Å². The van der Waals surface area contributed by atoms with Crippen LogP contribution < -0.4 is 11.1 Å². The molecule has 10 nitrogen and oxygen atoms in total. The summed E-state index contributed by atoms with van der Waals surface area (Å²) in [5.74, 6) is -0.973. The minimum atomic E-state index is -0.761. The summed E-state index contributed by atoms with van der Waals surface area (Å²) < 4.78 is 36.2. The molecule has 0 spiro atoms. The molecule has 1 amide bonds. The fourth-order valence-corrected chi connectivity index (χ4v) is 5.99. The van der Waals surface area contributed by atoms with E-state index >= 15 is 0 Å². The summed E-state index contributed by atoms with van der Waals surface area (Å²) in [6.45, 7) is 1.87. The van der Waals surface area contributed by atoms with Crippen molar-refractivity contribution in [2.45, 2.75) is 44.2 Å². The highest BCUT2D eigenvalue weighted by Crippen LogP contribution is 2.40. The molecule has 1 aromatic carbocycles. The zero-order chi connectivity index (χ0) is 29.3. The third-order valence-electron chi connectivity index (χ3n) is 7.83. The fraction of sp³-hybridized carbons (Fsp3) is 0.379. The van der Waals surface area contributed by atoms with Gasteiger partial charge in [0.15, 0.2) is 0 Å². The minimum absolute atomic E-state index is 0.0863. The second kappa shape index (κ2) is 11.8. The van der Waals surface area contributed by atoms with Crippen LogP contribution in [-0.2, 0) is 11.2 Å². The van der Waals surface area contributed by atoms with Crippen molar-refractivity contribution in [3.05, 3.63) is 71.7 Å². The standard InChI is InChI=1S/C29H33F2N7O3/c1-16-10-18(13-23(32)27(16)37(2)29(40)41-3)20-6-8-33-15-25(20)35-28-34-14-19-4-5-24(36-38(19)28)26-21(30)11-17(7-9-39)12-22(26)31/h4-6,8,11-12,14-16,18,23,27,39H,7,9-10,13,32H2,1-3H3,(H,34,35). The molecule has 0 radical (unpaired) electrons. The average Bonchev–Trinajstić information content (AvgIpc) is 3.34. The van der Waals surface area contributed by atoms with Crippen LogP contribution in [0.2, 0.25) is 0 Å². The number of anilines is 2. The van der Waals surface area contributed by atoms with Gasteiger partial charge in [0.2, 0.25) is 5.95 Å². The smallest absolute Gasteiger partial charge is 0.409 e. The Morgan fingerprint density at radius 3 is 2.66 bits per heavy atom. The number of amides is 1. The van der Waals surface area contributed by atoms with Gasteiger partial charge in [-0.3, -0.25) is 4.98 Å². The molecule has 3 heterocycles. The molecule has 216 valence electrons. The first-order chi connectivity index (χ1) is 19.7. The Morgan fingerprint density at radius 2 is 1.98 bits per heavy atom. The molecular weight excluding hydrogens is 532 g/mol. The normalized spacial score (nSPS) is 20.7. The lowest BCUT2D eigenvalue weighted by atomic mass is 9.73. The largest absolute Gasteiger partial charge is 0.453 e. The summed E-state index contributed by atoms with van der Waals surface area (Å²) in [4.78, 5) is 22.5. The zero-order valence-electron chi connectivity index (χ0n) is 23.1. The van der Waals surface area contributed by atoms with Crippen molar-refractivity contribution < 1.29 is 23.4 Å². The van der Waals surface area contributed by atoms with E-state index < -0.39 is 17.7 Å². The van der Waals surface area contributed by atoms with E-state index in [0.29, 0.717) is 29.1 Å². The molecule has 4 atom stereocenters. The predicted molar refractivity (Wildman–Crippen MR) is 150 cm³/mol. The van der Waals surface area contributed by atoms with Crippen molar-refractivity contribution in [2.75, 3.05) is 26.1 Å². The van der Waals surface area contributed by atoms with Gasteiger partial charge in [-0.2, -0.15) is 9.61 Å². The number of methoxy groups -OCH3 is 1. The topological polar surface area (TPSA) is 131 Å². The first kappa shape index (κ1) is 28.4. The van der Waals surface area contributed by atoms with E-state index in [1.165, 1.54) is 29.8 Å². The van der Waals surface area contributed by atoms with Gasteiger partial charge in [0, 0.05) is 25.9 Å². The van der Waals surface area contributed by atoms with Crippen LogP contribution in [0.25, 0.3) is 16.8 Å². The van der Waals surface area contributed by atoms with E-state index in [1.807, 2.05) is 6.07 Å². The van der Waals surface area contributed by atoms with Gasteiger partial charge in [0.05, 0.1) is 48.0 Å². The molecule has 4 aromatic rings. The highest BCUT2D eigenvalue weighted by molar-refractivity contribution is 5.68. The SMILES string of the molecule is COC(=O)N(C)C1C(C)CC(c2ccncc2Nc2ncc3ccc(-c4c(F)cc(CCO)cc4F)nn23)CC1N. The Bertz CT molecular complexity index is 1530. The second-order valence-electron chi connectivity index (χ2n) is 10.5. The second-order valence-corrected chi connectivity index (χ2v) is 10.5. The van der Waals surface area contributed by atoms with Gasteiger partial charge in [0.1, 0.15) is 11.6 Å². The van der Waals surface area contributed by atoms with Crippen LogP contribution in [0, 0.1) is 17.6 Å². The Kier molecular flexibility index (Phi) is 8.13. The van der Waals surface area contributed by atoms with Gasteiger partial charge in [-0.15, -0.1) is 0 Å². The number of carbonyl (C=O) groups excluding carboxylic acids is 1. The van der Waals surface area contributed by atoms with Crippen molar-refractivity contribution in [3.8, 4) is 11.3 Å². The molecule has 1 aliphatic rings. The fourth-order valence-electron chi connectivity index (χ4n) is 5.99. The molecule has 4 unspecified atom stereocenters. The number of nitrogens with one attached hydrogen (secondary N) is 1. The van der Waals surface area contributed by atoms with Crippen LogP contribution in [0.5, 0.6) is 0 Å². The number of imidazole rings is 1. The number of ether oxygens (including phenoxy) is 1. The highest BCUT2D eigenvalue weighted by atomic mass is 19.1. The predicted octanol–water partition coefficient (Wildman–Crippen LogP) is 4.26. The number of rotatable bonds is 7. The lowest BCUT2D eigenvalue weighted by Gasteiger charge is -2.43. The number of likely N-dealkylation sites (N-methyl/N-ethyl adjacent to an activating group) is 1. The van der Waals surface area contributed by atoms with E-state index in [4.69, 9.17) is 15.6 Å². The van der Waals surface area contributed by atoms with Crippen LogP contribution in [0.4, 0.5) is 25.2 Å². The van der Waals surface area contributed by atoms with E-state index in [2.05, 4.69) is 27.3 Å². The molecule has 0 saturated heterocycles. The molecule has 41 heavy (non-hydrogen) atoms. The first-order valence-electron chi connectivity index (χ1n) is 13.4. The third kappa shape index (κ3) is 5.57. The third-order valence-corrected chi connectivity index (χ3v) is 7.83.